The van der Waals surface area contributed by atoms with Gasteiger partial charge in [-0.25, -0.2) is 19.6 Å². The van der Waals surface area contributed by atoms with Crippen molar-refractivity contribution in [3.8, 4) is 33.5 Å². The van der Waals surface area contributed by atoms with Crippen LogP contribution in [0, 0.1) is 17.8 Å². The Hall–Kier alpha value is -5.81. The van der Waals surface area contributed by atoms with Gasteiger partial charge in [0.05, 0.1) is 75.0 Å². The zero-order valence-electron chi connectivity index (χ0n) is 39.1. The van der Waals surface area contributed by atoms with Crippen LogP contribution in [0.3, 0.4) is 0 Å². The largest absolute Gasteiger partial charge is 0.453 e. The van der Waals surface area contributed by atoms with Crippen molar-refractivity contribution >= 4 is 29.1 Å². The lowest BCUT2D eigenvalue weighted by Gasteiger charge is -2.35. The number of hydrogen-bond donors (Lipinski definition) is 5. The number of aliphatic hydroxyl groups is 1. The highest BCUT2D eigenvalue weighted by Gasteiger charge is 2.53. The number of likely N-dealkylation sites (tertiary alicyclic amines) is 2. The summed E-state index contributed by atoms with van der Waals surface area (Å²) in [6, 6.07) is 17.9. The SMILES string of the molecule is COC(=O)N[C@@H](C(C)C)C(O)N1CCC[C@H]1c1nc2ccc(-c3ccc(-c4ccc(-c5cnc([C@@H]6CC7(CN6C(=O)[C@@H](NC(=O)OC)C(C)C)OCCO7)[nH]5)cc4)c4c3CC3CCC43)cc2[nH]1. The van der Waals surface area contributed by atoms with E-state index < -0.39 is 42.3 Å². The minimum absolute atomic E-state index is 0.0113. The lowest BCUT2D eigenvalue weighted by Crippen LogP contribution is -2.54. The number of fused-ring (bicyclic) bond motifs is 4. The number of ether oxygens (including phenoxy) is 4. The zero-order valence-corrected chi connectivity index (χ0v) is 39.1. The molecule has 3 saturated heterocycles. The van der Waals surface area contributed by atoms with E-state index in [1.54, 1.807) is 4.90 Å². The quantitative estimate of drug-likeness (QED) is 0.0828. The summed E-state index contributed by atoms with van der Waals surface area (Å²) in [6.07, 6.45) is 5.36. The number of aromatic nitrogens is 4. The number of aliphatic hydroxyl groups excluding tert-OH is 1. The first kappa shape index (κ1) is 45.0. The maximum absolute atomic E-state index is 14.1. The minimum atomic E-state index is -0.930. The molecule has 3 amide bonds. The highest BCUT2D eigenvalue weighted by atomic mass is 16.7. The third kappa shape index (κ3) is 8.25. The predicted molar refractivity (Wildman–Crippen MR) is 250 cm³/mol. The number of nitrogens with one attached hydrogen (secondary N) is 4. The number of hydrogen-bond acceptors (Lipinski definition) is 11. The average Bonchev–Trinajstić information content (AvgIpc) is 4.19. The Labute approximate surface area is 390 Å². The van der Waals surface area contributed by atoms with Crippen molar-refractivity contribution in [2.75, 3.05) is 40.5 Å². The third-order valence-corrected chi connectivity index (χ3v) is 15.1. The predicted octanol–water partition coefficient (Wildman–Crippen LogP) is 7.57. The molecule has 5 N–H and O–H groups in total. The number of H-pyrrole nitrogens is 2. The number of aromatic amines is 2. The molecular formula is C51H62N8O8. The Balaban J connectivity index is 0.895. The lowest BCUT2D eigenvalue weighted by molar-refractivity contribution is -0.153. The first-order valence-corrected chi connectivity index (χ1v) is 23.9. The smallest absolute Gasteiger partial charge is 0.407 e. The average molecular weight is 915 g/mol. The van der Waals surface area contributed by atoms with Crippen molar-refractivity contribution in [1.82, 2.24) is 40.4 Å². The molecule has 1 spiro atoms. The molecule has 7 atom stereocenters. The Morgan fingerprint density at radius 1 is 0.836 bits per heavy atom. The summed E-state index contributed by atoms with van der Waals surface area (Å²) in [6.45, 7) is 9.55. The summed E-state index contributed by atoms with van der Waals surface area (Å²) in [4.78, 5) is 59.2. The maximum atomic E-state index is 14.1. The lowest BCUT2D eigenvalue weighted by atomic mass is 9.73. The van der Waals surface area contributed by atoms with E-state index in [9.17, 15) is 19.5 Å². The molecule has 16 heteroatoms. The van der Waals surface area contributed by atoms with Crippen LogP contribution in [0.5, 0.6) is 0 Å². The number of benzene rings is 3. The van der Waals surface area contributed by atoms with Crippen molar-refractivity contribution in [1.29, 1.82) is 0 Å². The van der Waals surface area contributed by atoms with Gasteiger partial charge in [-0.2, -0.15) is 0 Å². The minimum Gasteiger partial charge on any atom is -0.453 e. The number of carbonyl (C=O) groups is 3. The summed E-state index contributed by atoms with van der Waals surface area (Å²) in [5.41, 5.74) is 11.4. The third-order valence-electron chi connectivity index (χ3n) is 15.1. The molecule has 0 radical (unpaired) electrons. The highest BCUT2D eigenvalue weighted by molar-refractivity contribution is 5.87. The summed E-state index contributed by atoms with van der Waals surface area (Å²) in [5.74, 6) is 1.26. The first-order chi connectivity index (χ1) is 32.3. The fraction of sp³-hybridized carbons (Fsp3) is 0.510. The number of nitrogens with zero attached hydrogens (tertiary/aromatic N) is 4. The van der Waals surface area contributed by atoms with Crippen molar-refractivity contribution in [2.24, 2.45) is 17.8 Å². The van der Waals surface area contributed by atoms with E-state index in [2.05, 4.69) is 75.2 Å². The molecule has 5 aromatic rings. The van der Waals surface area contributed by atoms with Gasteiger partial charge in [0.25, 0.3) is 0 Å². The van der Waals surface area contributed by atoms with Crippen LogP contribution in [0.25, 0.3) is 44.5 Å². The van der Waals surface area contributed by atoms with Crippen LogP contribution in [-0.4, -0.2) is 118 Å². The van der Waals surface area contributed by atoms with Gasteiger partial charge in [-0.05, 0) is 107 Å². The molecule has 3 aliphatic heterocycles. The monoisotopic (exact) mass is 914 g/mol. The van der Waals surface area contributed by atoms with Crippen LogP contribution in [-0.2, 0) is 30.2 Å². The standard InChI is InChI=1S/C51H62N8O8/c1-27(2)43(56-49(62)64-5)47(60)58-19-7-8-40(58)46-53-37-18-14-32(23-38(37)54-46)33-16-17-34(42-35-15-13-31(35)22-36(33)42)29-9-11-30(12-10-29)39-25-52-45(55-39)41-24-51(66-20-21-67-51)26-59(41)48(61)44(28(3)4)57-50(63)65-6/h9-12,14,16-18,23,25,27-28,31,35,40-41,43-44,47,60H,7-8,13,15,19-22,24,26H2,1-6H3,(H,52,55)(H,53,54)(H,56,62)(H,57,63)/t31?,35?,40-,41-,43-,44-,47?/m0/s1. The fourth-order valence-corrected chi connectivity index (χ4v) is 11.4. The summed E-state index contributed by atoms with van der Waals surface area (Å²) in [5, 5.41) is 17.1. The van der Waals surface area contributed by atoms with E-state index in [1.807, 2.05) is 38.8 Å². The van der Waals surface area contributed by atoms with Gasteiger partial charge in [0.2, 0.25) is 5.91 Å². The van der Waals surface area contributed by atoms with Gasteiger partial charge in [0.15, 0.2) is 5.79 Å². The van der Waals surface area contributed by atoms with Crippen molar-refractivity contribution in [3.05, 3.63) is 83.6 Å². The van der Waals surface area contributed by atoms with Gasteiger partial charge in [0.1, 0.15) is 23.9 Å². The van der Waals surface area contributed by atoms with E-state index in [-0.39, 0.29) is 30.3 Å². The summed E-state index contributed by atoms with van der Waals surface area (Å²) >= 11 is 0. The molecule has 67 heavy (non-hydrogen) atoms. The van der Waals surface area contributed by atoms with Gasteiger partial charge in [-0.15, -0.1) is 0 Å². The Morgan fingerprint density at radius 3 is 2.25 bits per heavy atom. The molecule has 354 valence electrons. The van der Waals surface area contributed by atoms with E-state index in [1.165, 1.54) is 54.9 Å². The second kappa shape index (κ2) is 18.0. The number of imidazole rings is 2. The number of amides is 3. The Bertz CT molecular complexity index is 2650. The fourth-order valence-electron chi connectivity index (χ4n) is 11.4. The topological polar surface area (TPSA) is 196 Å². The van der Waals surface area contributed by atoms with Crippen molar-refractivity contribution in [2.45, 2.75) is 108 Å². The molecule has 5 heterocycles. The molecular weight excluding hydrogens is 853 g/mol. The molecule has 2 aliphatic carbocycles. The maximum Gasteiger partial charge on any atom is 0.407 e. The molecule has 5 aliphatic rings. The van der Waals surface area contributed by atoms with Gasteiger partial charge in [-0.1, -0.05) is 70.2 Å². The number of methoxy groups -OCH3 is 2. The summed E-state index contributed by atoms with van der Waals surface area (Å²) in [7, 11) is 2.62. The normalized spacial score (nSPS) is 23.3. The van der Waals surface area contributed by atoms with E-state index >= 15 is 0 Å². The molecule has 3 unspecified atom stereocenters. The van der Waals surface area contributed by atoms with Crippen LogP contribution in [0.1, 0.15) is 101 Å². The Morgan fingerprint density at radius 2 is 1.55 bits per heavy atom. The molecule has 4 fully saturated rings. The Kier molecular flexibility index (Phi) is 12.1. The van der Waals surface area contributed by atoms with Crippen LogP contribution >= 0.6 is 0 Å². The molecule has 3 aromatic carbocycles. The van der Waals surface area contributed by atoms with E-state index in [0.717, 1.165) is 52.9 Å². The molecule has 0 bridgehead atoms. The molecule has 10 rings (SSSR count). The summed E-state index contributed by atoms with van der Waals surface area (Å²) < 4.78 is 21.9. The van der Waals surface area contributed by atoms with Crippen molar-refractivity contribution in [3.63, 3.8) is 0 Å². The van der Waals surface area contributed by atoms with Crippen LogP contribution < -0.4 is 10.6 Å². The van der Waals surface area contributed by atoms with Gasteiger partial charge < -0.3 is 49.6 Å². The van der Waals surface area contributed by atoms with E-state index in [0.29, 0.717) is 43.8 Å². The molecule has 16 nitrogen and oxygen atoms in total. The van der Waals surface area contributed by atoms with Crippen LogP contribution in [0.4, 0.5) is 9.59 Å². The molecule has 1 saturated carbocycles. The second-order valence-electron chi connectivity index (χ2n) is 19.7. The van der Waals surface area contributed by atoms with Crippen LogP contribution in [0.15, 0.2) is 60.8 Å². The second-order valence-corrected chi connectivity index (χ2v) is 19.7. The molecule has 2 aromatic heterocycles. The van der Waals surface area contributed by atoms with E-state index in [4.69, 9.17) is 28.9 Å². The zero-order chi connectivity index (χ0) is 46.7. The van der Waals surface area contributed by atoms with Gasteiger partial charge in [-0.3, -0.25) is 9.69 Å². The number of carbonyl (C=O) groups excluding carboxylic acids is 3. The van der Waals surface area contributed by atoms with Gasteiger partial charge >= 0.3 is 12.2 Å². The highest BCUT2D eigenvalue weighted by Crippen LogP contribution is 2.56. The van der Waals surface area contributed by atoms with Gasteiger partial charge in [0, 0.05) is 13.0 Å². The number of rotatable bonds is 12. The van der Waals surface area contributed by atoms with Crippen LogP contribution in [0.2, 0.25) is 0 Å². The van der Waals surface area contributed by atoms with Crippen molar-refractivity contribution < 1.29 is 38.4 Å². The first-order valence-electron chi connectivity index (χ1n) is 23.9. The number of alkyl carbamates (subject to hydrolysis) is 2.